The Morgan fingerprint density at radius 1 is 1.29 bits per heavy atom. The van der Waals surface area contributed by atoms with Crippen LogP contribution in [0.5, 0.6) is 0 Å². The topological polar surface area (TPSA) is 41.1 Å². The molecule has 7 heteroatoms. The lowest BCUT2D eigenvalue weighted by Crippen LogP contribution is -2.30. The Bertz CT molecular complexity index is 513. The first-order chi connectivity index (χ1) is 9.84. The van der Waals surface area contributed by atoms with Gasteiger partial charge in [0.2, 0.25) is 5.91 Å². The Hall–Kier alpha value is -1.08. The molecular weight excluding hydrogens is 349 g/mol. The van der Waals surface area contributed by atoms with Crippen LogP contribution in [0.1, 0.15) is 24.8 Å². The van der Waals surface area contributed by atoms with Crippen molar-refractivity contribution >= 4 is 27.5 Å². The fourth-order valence-electron chi connectivity index (χ4n) is 2.39. The molecule has 1 aromatic rings. The Morgan fingerprint density at radius 2 is 1.95 bits per heavy atom. The summed E-state index contributed by atoms with van der Waals surface area (Å²) < 4.78 is 38.4. The minimum atomic E-state index is -4.43. The largest absolute Gasteiger partial charge is 0.416 e. The van der Waals surface area contributed by atoms with E-state index in [9.17, 15) is 18.0 Å². The van der Waals surface area contributed by atoms with Crippen molar-refractivity contribution in [3.8, 4) is 0 Å². The molecule has 0 radical (unpaired) electrons. The first-order valence-corrected chi connectivity index (χ1v) is 7.52. The quantitative estimate of drug-likeness (QED) is 0.856. The monoisotopic (exact) mass is 364 g/mol. The van der Waals surface area contributed by atoms with Crippen LogP contribution in [0.25, 0.3) is 0 Å². The highest BCUT2D eigenvalue weighted by Crippen LogP contribution is 2.33. The van der Waals surface area contributed by atoms with Gasteiger partial charge in [0.25, 0.3) is 0 Å². The molecule has 0 spiro atoms. The van der Waals surface area contributed by atoms with Crippen molar-refractivity contribution in [1.82, 2.24) is 5.32 Å². The number of hydrogen-bond acceptors (Lipinski definition) is 2. The molecule has 1 heterocycles. The number of rotatable bonds is 3. The van der Waals surface area contributed by atoms with E-state index < -0.39 is 11.7 Å². The molecule has 2 N–H and O–H groups in total. The third-order valence-electron chi connectivity index (χ3n) is 3.44. The molecule has 116 valence electrons. The van der Waals surface area contributed by atoms with Crippen molar-refractivity contribution in [1.29, 1.82) is 0 Å². The van der Waals surface area contributed by atoms with Gasteiger partial charge in [-0.05, 0) is 50.0 Å². The van der Waals surface area contributed by atoms with Crippen LogP contribution >= 0.6 is 15.9 Å². The zero-order valence-corrected chi connectivity index (χ0v) is 12.9. The average Bonchev–Trinajstić information content (AvgIpc) is 2.37. The van der Waals surface area contributed by atoms with Gasteiger partial charge >= 0.3 is 6.18 Å². The number of anilines is 1. The van der Waals surface area contributed by atoms with E-state index >= 15 is 0 Å². The molecule has 0 atom stereocenters. The summed E-state index contributed by atoms with van der Waals surface area (Å²) in [6, 6.07) is 3.41. The molecule has 0 aliphatic carbocycles. The molecule has 2 rings (SSSR count). The van der Waals surface area contributed by atoms with Crippen molar-refractivity contribution in [2.45, 2.75) is 25.4 Å². The molecule has 21 heavy (non-hydrogen) atoms. The molecule has 0 bridgehead atoms. The highest BCUT2D eigenvalue weighted by molar-refractivity contribution is 9.10. The first kappa shape index (κ1) is 16.3. The van der Waals surface area contributed by atoms with Crippen molar-refractivity contribution in [3.63, 3.8) is 0 Å². The molecular formula is C14H16BrF3N2O. The Labute approximate surface area is 129 Å². The van der Waals surface area contributed by atoms with E-state index in [1.807, 2.05) is 0 Å². The molecule has 0 unspecified atom stereocenters. The van der Waals surface area contributed by atoms with E-state index in [1.165, 1.54) is 6.07 Å². The molecule has 1 amide bonds. The summed E-state index contributed by atoms with van der Waals surface area (Å²) >= 11 is 3.03. The second kappa shape index (κ2) is 6.79. The summed E-state index contributed by atoms with van der Waals surface area (Å²) in [5, 5.41) is 5.76. The van der Waals surface area contributed by atoms with E-state index in [0.29, 0.717) is 12.3 Å². The second-order valence-corrected chi connectivity index (χ2v) is 6.09. The normalized spacial score (nSPS) is 16.8. The Balaban J connectivity index is 2.01. The van der Waals surface area contributed by atoms with Crippen LogP contribution < -0.4 is 10.6 Å². The SMILES string of the molecule is O=C(CC1CCNCC1)Nc1cc(Br)cc(C(F)(F)F)c1. The standard InChI is InChI=1S/C14H16BrF3N2O/c15-11-6-10(14(16,17)18)7-12(8-11)20-13(21)5-9-1-3-19-4-2-9/h6-9,19H,1-5H2,(H,20,21). The number of carbonyl (C=O) groups is 1. The van der Waals surface area contributed by atoms with Crippen LogP contribution in [0, 0.1) is 5.92 Å². The van der Waals surface area contributed by atoms with Gasteiger partial charge in [-0.2, -0.15) is 13.2 Å². The predicted molar refractivity (Wildman–Crippen MR) is 78.0 cm³/mol. The van der Waals surface area contributed by atoms with Gasteiger partial charge in [-0.25, -0.2) is 0 Å². The number of hydrogen-bond donors (Lipinski definition) is 2. The molecule has 0 aromatic heterocycles. The third-order valence-corrected chi connectivity index (χ3v) is 3.90. The summed E-state index contributed by atoms with van der Waals surface area (Å²) in [4.78, 5) is 11.9. The summed E-state index contributed by atoms with van der Waals surface area (Å²) in [6.45, 7) is 1.76. The zero-order valence-electron chi connectivity index (χ0n) is 11.3. The summed E-state index contributed by atoms with van der Waals surface area (Å²) in [5.41, 5.74) is -0.621. The van der Waals surface area contributed by atoms with Crippen LogP contribution in [-0.4, -0.2) is 19.0 Å². The van der Waals surface area contributed by atoms with Crippen molar-refractivity contribution in [2.75, 3.05) is 18.4 Å². The molecule has 0 saturated carbocycles. The first-order valence-electron chi connectivity index (χ1n) is 6.73. The lowest BCUT2D eigenvalue weighted by atomic mass is 9.94. The molecule has 1 aliphatic heterocycles. The molecule has 1 saturated heterocycles. The summed E-state index contributed by atoms with van der Waals surface area (Å²) in [6.07, 6.45) is -2.26. The third kappa shape index (κ3) is 5.00. The van der Waals surface area contributed by atoms with Crippen LogP contribution in [0.15, 0.2) is 22.7 Å². The Kier molecular flexibility index (Phi) is 5.27. The van der Waals surface area contributed by atoms with Crippen molar-refractivity contribution < 1.29 is 18.0 Å². The van der Waals surface area contributed by atoms with Gasteiger partial charge in [0.15, 0.2) is 0 Å². The highest BCUT2D eigenvalue weighted by atomic mass is 79.9. The van der Waals surface area contributed by atoms with Gasteiger partial charge in [0.1, 0.15) is 0 Å². The predicted octanol–water partition coefficient (Wildman–Crippen LogP) is 3.80. The van der Waals surface area contributed by atoms with E-state index in [0.717, 1.165) is 38.1 Å². The maximum absolute atomic E-state index is 12.7. The van der Waals surface area contributed by atoms with Gasteiger partial charge in [0, 0.05) is 16.6 Å². The van der Waals surface area contributed by atoms with Crippen molar-refractivity contribution in [3.05, 3.63) is 28.2 Å². The van der Waals surface area contributed by atoms with Gasteiger partial charge < -0.3 is 10.6 Å². The molecule has 3 nitrogen and oxygen atoms in total. The number of amides is 1. The number of carbonyl (C=O) groups excluding carboxylic acids is 1. The van der Waals surface area contributed by atoms with Gasteiger partial charge in [-0.3, -0.25) is 4.79 Å². The summed E-state index contributed by atoms with van der Waals surface area (Å²) in [5.74, 6) is 0.0496. The van der Waals surface area contributed by atoms with E-state index in [2.05, 4.69) is 26.6 Å². The maximum atomic E-state index is 12.7. The second-order valence-electron chi connectivity index (χ2n) is 5.17. The minimum Gasteiger partial charge on any atom is -0.326 e. The lowest BCUT2D eigenvalue weighted by Gasteiger charge is -2.22. The van der Waals surface area contributed by atoms with E-state index in [4.69, 9.17) is 0 Å². The fraction of sp³-hybridized carbons (Fsp3) is 0.500. The Morgan fingerprint density at radius 3 is 2.57 bits per heavy atom. The van der Waals surface area contributed by atoms with Crippen LogP contribution in [0.3, 0.4) is 0 Å². The molecule has 1 aromatic carbocycles. The van der Waals surface area contributed by atoms with Crippen LogP contribution in [0.4, 0.5) is 18.9 Å². The number of halogens is 4. The molecule has 1 fully saturated rings. The number of benzene rings is 1. The highest BCUT2D eigenvalue weighted by Gasteiger charge is 2.31. The van der Waals surface area contributed by atoms with Crippen molar-refractivity contribution in [2.24, 2.45) is 5.92 Å². The number of piperidine rings is 1. The summed E-state index contributed by atoms with van der Waals surface area (Å²) in [7, 11) is 0. The van der Waals surface area contributed by atoms with Gasteiger partial charge in [-0.1, -0.05) is 15.9 Å². The minimum absolute atomic E-state index is 0.163. The van der Waals surface area contributed by atoms with Gasteiger partial charge in [-0.15, -0.1) is 0 Å². The maximum Gasteiger partial charge on any atom is 0.416 e. The molecule has 1 aliphatic rings. The number of alkyl halides is 3. The van der Waals surface area contributed by atoms with E-state index in [-0.39, 0.29) is 16.1 Å². The van der Waals surface area contributed by atoms with Crippen LogP contribution in [0.2, 0.25) is 0 Å². The fourth-order valence-corrected chi connectivity index (χ4v) is 2.88. The number of nitrogens with one attached hydrogen (secondary N) is 2. The lowest BCUT2D eigenvalue weighted by molar-refractivity contribution is -0.137. The van der Waals surface area contributed by atoms with Gasteiger partial charge in [0.05, 0.1) is 5.56 Å². The smallest absolute Gasteiger partial charge is 0.326 e. The zero-order chi connectivity index (χ0) is 15.5. The van der Waals surface area contributed by atoms with Crippen LogP contribution in [-0.2, 0) is 11.0 Å². The average molecular weight is 365 g/mol. The van der Waals surface area contributed by atoms with E-state index in [1.54, 1.807) is 0 Å².